The van der Waals surface area contributed by atoms with Gasteiger partial charge in [-0.2, -0.15) is 0 Å². The van der Waals surface area contributed by atoms with Crippen molar-refractivity contribution in [1.82, 2.24) is 4.98 Å². The minimum atomic E-state index is -0.974. The van der Waals surface area contributed by atoms with Crippen LogP contribution < -0.4 is 9.64 Å². The van der Waals surface area contributed by atoms with E-state index < -0.39 is 23.5 Å². The topological polar surface area (TPSA) is 79.7 Å². The summed E-state index contributed by atoms with van der Waals surface area (Å²) in [7, 11) is 0. The van der Waals surface area contributed by atoms with Gasteiger partial charge >= 0.3 is 5.91 Å². The fraction of sp³-hybridized carbons (Fsp3) is 0.207. The molecular formula is C29H25FN2O4S. The number of hydrogen-bond donors (Lipinski definition) is 1. The van der Waals surface area contributed by atoms with E-state index in [1.54, 1.807) is 24.3 Å². The van der Waals surface area contributed by atoms with Gasteiger partial charge in [0.25, 0.3) is 5.78 Å². The molecule has 8 heteroatoms. The molecule has 2 heterocycles. The van der Waals surface area contributed by atoms with E-state index in [-0.39, 0.29) is 11.3 Å². The van der Waals surface area contributed by atoms with Gasteiger partial charge in [-0.05, 0) is 79.4 Å². The number of aliphatic hydroxyl groups excluding tert-OH is 1. The van der Waals surface area contributed by atoms with Crippen LogP contribution in [0.5, 0.6) is 5.75 Å². The normalized spacial score (nSPS) is 17.1. The summed E-state index contributed by atoms with van der Waals surface area (Å²) in [6.45, 7) is 6.48. The highest BCUT2D eigenvalue weighted by Crippen LogP contribution is 2.44. The second-order valence-corrected chi connectivity index (χ2v) is 10.0. The Balaban J connectivity index is 1.66. The van der Waals surface area contributed by atoms with Crippen molar-refractivity contribution in [2.24, 2.45) is 0 Å². The minimum absolute atomic E-state index is 0.0778. The number of Topliss-reactive ketones (excluding diaryl/α,β-unsaturated/α-hetero) is 1. The third-order valence-corrected chi connectivity index (χ3v) is 7.26. The van der Waals surface area contributed by atoms with E-state index in [0.29, 0.717) is 28.6 Å². The quantitative estimate of drug-likeness (QED) is 0.181. The van der Waals surface area contributed by atoms with Crippen molar-refractivity contribution >= 4 is 44.1 Å². The minimum Gasteiger partial charge on any atom is -0.507 e. The van der Waals surface area contributed by atoms with Crippen LogP contribution in [-0.2, 0) is 9.59 Å². The Kier molecular flexibility index (Phi) is 6.52. The molecule has 37 heavy (non-hydrogen) atoms. The molecule has 1 N–H and O–H groups in total. The molecule has 1 aromatic heterocycles. The molecule has 0 saturated carbocycles. The second kappa shape index (κ2) is 9.78. The molecule has 6 nitrogen and oxygen atoms in total. The Morgan fingerprint density at radius 3 is 2.46 bits per heavy atom. The molecule has 1 atom stereocenters. The second-order valence-electron chi connectivity index (χ2n) is 9.02. The van der Waals surface area contributed by atoms with Crippen molar-refractivity contribution in [3.05, 3.63) is 94.3 Å². The lowest BCUT2D eigenvalue weighted by Gasteiger charge is -2.23. The van der Waals surface area contributed by atoms with E-state index >= 15 is 0 Å². The number of thiazole rings is 1. The average molecular weight is 517 g/mol. The summed E-state index contributed by atoms with van der Waals surface area (Å²) in [6.07, 6.45) is 0.855. The molecule has 0 aliphatic carbocycles. The van der Waals surface area contributed by atoms with Crippen molar-refractivity contribution in [1.29, 1.82) is 0 Å². The summed E-state index contributed by atoms with van der Waals surface area (Å²) in [4.78, 5) is 32.8. The third kappa shape index (κ3) is 4.49. The summed E-state index contributed by atoms with van der Waals surface area (Å²) in [5.41, 5.74) is 3.53. The summed E-state index contributed by atoms with van der Waals surface area (Å²) in [6, 6.07) is 15.2. The molecule has 1 aliphatic heterocycles. The van der Waals surface area contributed by atoms with E-state index in [1.807, 2.05) is 32.9 Å². The molecule has 3 aromatic carbocycles. The van der Waals surface area contributed by atoms with Crippen LogP contribution in [0, 0.1) is 19.7 Å². The Morgan fingerprint density at radius 2 is 1.78 bits per heavy atom. The van der Waals surface area contributed by atoms with E-state index in [9.17, 15) is 19.1 Å². The number of carbonyl (C=O) groups is 2. The van der Waals surface area contributed by atoms with Gasteiger partial charge in [0.1, 0.15) is 17.3 Å². The van der Waals surface area contributed by atoms with Crippen molar-refractivity contribution in [3.63, 3.8) is 0 Å². The zero-order chi connectivity index (χ0) is 26.3. The number of halogens is 1. The number of nitrogens with zero attached hydrogens (tertiary/aromatic N) is 2. The van der Waals surface area contributed by atoms with E-state index in [1.165, 1.54) is 40.5 Å². The van der Waals surface area contributed by atoms with Crippen molar-refractivity contribution < 1.29 is 23.8 Å². The number of ether oxygens (including phenoxy) is 1. The van der Waals surface area contributed by atoms with Crippen LogP contribution in [0.4, 0.5) is 9.52 Å². The molecule has 1 saturated heterocycles. The van der Waals surface area contributed by atoms with Gasteiger partial charge in [-0.25, -0.2) is 9.37 Å². The molecule has 1 fully saturated rings. The lowest BCUT2D eigenvalue weighted by Crippen LogP contribution is -2.29. The first-order valence-electron chi connectivity index (χ1n) is 12.0. The molecule has 4 aromatic rings. The van der Waals surface area contributed by atoms with Crippen LogP contribution >= 0.6 is 11.3 Å². The van der Waals surface area contributed by atoms with Crippen LogP contribution in [0.15, 0.2) is 66.2 Å². The first-order valence-corrected chi connectivity index (χ1v) is 12.8. The molecule has 0 bridgehead atoms. The molecule has 188 valence electrons. The highest BCUT2D eigenvalue weighted by atomic mass is 32.1. The molecule has 5 rings (SSSR count). The van der Waals surface area contributed by atoms with E-state index in [2.05, 4.69) is 0 Å². The van der Waals surface area contributed by atoms with Crippen LogP contribution in [0.25, 0.3) is 16.0 Å². The van der Waals surface area contributed by atoms with Crippen LogP contribution in [0.2, 0.25) is 0 Å². The van der Waals surface area contributed by atoms with Crippen molar-refractivity contribution in [2.45, 2.75) is 33.2 Å². The molecule has 0 spiro atoms. The Hall–Kier alpha value is -4.04. The van der Waals surface area contributed by atoms with Gasteiger partial charge in [0.05, 0.1) is 28.4 Å². The van der Waals surface area contributed by atoms with Gasteiger partial charge in [0.2, 0.25) is 0 Å². The van der Waals surface area contributed by atoms with Gasteiger partial charge in [0.15, 0.2) is 5.13 Å². The number of fused-ring (bicyclic) bond motifs is 1. The van der Waals surface area contributed by atoms with E-state index in [4.69, 9.17) is 9.72 Å². The van der Waals surface area contributed by atoms with Gasteiger partial charge < -0.3 is 9.84 Å². The lowest BCUT2D eigenvalue weighted by molar-refractivity contribution is -0.132. The summed E-state index contributed by atoms with van der Waals surface area (Å²) < 4.78 is 20.3. The summed E-state index contributed by atoms with van der Waals surface area (Å²) in [5.74, 6) is -1.76. The monoisotopic (exact) mass is 516 g/mol. The summed E-state index contributed by atoms with van der Waals surface area (Å²) >= 11 is 1.30. The number of anilines is 1. The maximum absolute atomic E-state index is 13.8. The Bertz CT molecular complexity index is 1540. The van der Waals surface area contributed by atoms with Crippen molar-refractivity contribution in [3.8, 4) is 5.75 Å². The lowest BCUT2D eigenvalue weighted by atomic mass is 9.95. The number of rotatable bonds is 6. The highest BCUT2D eigenvalue weighted by molar-refractivity contribution is 7.22. The number of ketones is 1. The number of hydrogen-bond acceptors (Lipinski definition) is 6. The first kappa shape index (κ1) is 24.6. The number of carbonyl (C=O) groups excluding carboxylic acids is 2. The number of aliphatic hydroxyl groups is 1. The predicted octanol–water partition coefficient (Wildman–Crippen LogP) is 6.47. The largest absolute Gasteiger partial charge is 0.507 e. The number of aromatic nitrogens is 1. The first-order chi connectivity index (χ1) is 17.8. The molecule has 1 amide bonds. The molecule has 1 aliphatic rings. The average Bonchev–Trinajstić information content (AvgIpc) is 3.42. The maximum atomic E-state index is 13.8. The van der Waals surface area contributed by atoms with Gasteiger partial charge in [-0.15, -0.1) is 0 Å². The predicted molar refractivity (Wildman–Crippen MR) is 143 cm³/mol. The Morgan fingerprint density at radius 1 is 1.08 bits per heavy atom. The molecular weight excluding hydrogens is 491 g/mol. The fourth-order valence-corrected chi connectivity index (χ4v) is 5.71. The van der Waals surface area contributed by atoms with Crippen LogP contribution in [0.1, 0.15) is 41.6 Å². The Labute approximate surface area is 217 Å². The van der Waals surface area contributed by atoms with Gasteiger partial charge in [-0.1, -0.05) is 36.5 Å². The van der Waals surface area contributed by atoms with Gasteiger partial charge in [-0.3, -0.25) is 14.5 Å². The zero-order valence-corrected chi connectivity index (χ0v) is 21.4. The zero-order valence-electron chi connectivity index (χ0n) is 20.6. The number of amides is 1. The highest BCUT2D eigenvalue weighted by Gasteiger charge is 2.48. The summed E-state index contributed by atoms with van der Waals surface area (Å²) in [5, 5.41) is 11.6. The van der Waals surface area contributed by atoms with Gasteiger partial charge in [0, 0.05) is 5.56 Å². The standard InChI is InChI=1S/C29H25FN2O4S/c1-4-13-36-21-11-7-19(8-12-21)26(33)23-25(18-5-9-20(30)10-6-18)32(28(35)27(23)34)29-31-24-17(3)14-16(2)15-22(24)37-29/h5-12,14-15,25,33H,4,13H2,1-3H3/b26-23+. The number of aryl methyl sites for hydroxylation is 2. The third-order valence-electron chi connectivity index (χ3n) is 6.26. The van der Waals surface area contributed by atoms with Crippen LogP contribution in [0.3, 0.4) is 0 Å². The van der Waals surface area contributed by atoms with Crippen molar-refractivity contribution in [2.75, 3.05) is 11.5 Å². The maximum Gasteiger partial charge on any atom is 0.301 e. The number of benzene rings is 3. The SMILES string of the molecule is CCCOc1ccc(/C(O)=C2\C(=O)C(=O)N(c3nc4c(C)cc(C)cc4s3)C2c2ccc(F)cc2)cc1. The van der Waals surface area contributed by atoms with Crippen LogP contribution in [-0.4, -0.2) is 28.4 Å². The molecule has 0 radical (unpaired) electrons. The fourth-order valence-electron chi connectivity index (χ4n) is 4.54. The smallest absolute Gasteiger partial charge is 0.301 e. The molecule has 1 unspecified atom stereocenters. The van der Waals surface area contributed by atoms with E-state index in [0.717, 1.165) is 27.8 Å².